The maximum absolute atomic E-state index is 14.0. The predicted molar refractivity (Wildman–Crippen MR) is 118 cm³/mol. The third-order valence-corrected chi connectivity index (χ3v) is 5.13. The van der Waals surface area contributed by atoms with Gasteiger partial charge in [-0.2, -0.15) is 0 Å². The number of hydrogen-bond acceptors (Lipinski definition) is 3. The monoisotopic (exact) mass is 401 g/mol. The summed E-state index contributed by atoms with van der Waals surface area (Å²) in [5.41, 5.74) is 2.78. The van der Waals surface area contributed by atoms with Gasteiger partial charge < -0.3 is 14.8 Å². The average molecular weight is 401 g/mol. The van der Waals surface area contributed by atoms with E-state index in [0.29, 0.717) is 12.1 Å². The molecular formula is C26H24FNO2. The van der Waals surface area contributed by atoms with Crippen molar-refractivity contribution in [3.05, 3.63) is 107 Å². The third-order valence-electron chi connectivity index (χ3n) is 5.13. The van der Waals surface area contributed by atoms with Gasteiger partial charge in [0, 0.05) is 24.2 Å². The number of rotatable bonds is 8. The summed E-state index contributed by atoms with van der Waals surface area (Å²) in [5.74, 6) is 1.35. The molecule has 0 atom stereocenters. The molecule has 0 aliphatic rings. The van der Waals surface area contributed by atoms with E-state index in [1.54, 1.807) is 19.2 Å². The summed E-state index contributed by atoms with van der Waals surface area (Å²) in [6.45, 7) is 1.55. The maximum atomic E-state index is 14.0. The van der Waals surface area contributed by atoms with Crippen LogP contribution < -0.4 is 14.8 Å². The van der Waals surface area contributed by atoms with E-state index in [4.69, 9.17) is 9.47 Å². The van der Waals surface area contributed by atoms with Crippen LogP contribution in [0.15, 0.2) is 84.9 Å². The van der Waals surface area contributed by atoms with Gasteiger partial charge in [-0.15, -0.1) is 0 Å². The second-order valence-corrected chi connectivity index (χ2v) is 7.10. The highest BCUT2D eigenvalue weighted by Crippen LogP contribution is 2.29. The van der Waals surface area contributed by atoms with Gasteiger partial charge in [0.25, 0.3) is 0 Å². The molecule has 4 heteroatoms. The SMILES string of the molecule is COc1ccc(CNCc2c(OCc3ccccc3F)ccc3ccccc23)cc1. The number of ether oxygens (including phenoxy) is 2. The minimum atomic E-state index is -0.252. The number of halogens is 1. The molecule has 4 aromatic rings. The lowest BCUT2D eigenvalue weighted by atomic mass is 10.0. The highest BCUT2D eigenvalue weighted by Gasteiger charge is 2.10. The fraction of sp³-hybridized carbons (Fsp3) is 0.154. The van der Waals surface area contributed by atoms with Crippen LogP contribution in [0.5, 0.6) is 11.5 Å². The standard InChI is InChI=1S/C26H24FNO2/c1-29-22-13-10-19(11-14-22)16-28-17-24-23-8-4-2-6-20(23)12-15-26(24)30-18-21-7-3-5-9-25(21)27/h2-15,28H,16-18H2,1H3. The molecule has 0 heterocycles. The lowest BCUT2D eigenvalue weighted by Gasteiger charge is -2.16. The predicted octanol–water partition coefficient (Wildman–Crippen LogP) is 5.86. The van der Waals surface area contributed by atoms with Crippen molar-refractivity contribution < 1.29 is 13.9 Å². The first-order valence-electron chi connectivity index (χ1n) is 9.95. The van der Waals surface area contributed by atoms with Gasteiger partial charge in [-0.05, 0) is 40.6 Å². The molecule has 0 aliphatic carbocycles. The van der Waals surface area contributed by atoms with E-state index in [1.165, 1.54) is 11.6 Å². The summed E-state index contributed by atoms with van der Waals surface area (Å²) in [5, 5.41) is 5.78. The molecule has 0 aromatic heterocycles. The Morgan fingerprint density at radius 3 is 2.37 bits per heavy atom. The van der Waals surface area contributed by atoms with E-state index >= 15 is 0 Å². The average Bonchev–Trinajstić information content (AvgIpc) is 2.79. The van der Waals surface area contributed by atoms with Crippen molar-refractivity contribution in [2.75, 3.05) is 7.11 Å². The Balaban J connectivity index is 1.53. The van der Waals surface area contributed by atoms with Crippen molar-refractivity contribution in [2.45, 2.75) is 19.7 Å². The van der Waals surface area contributed by atoms with Crippen LogP contribution in [0.4, 0.5) is 4.39 Å². The van der Waals surface area contributed by atoms with Crippen LogP contribution in [0.3, 0.4) is 0 Å². The quantitative estimate of drug-likeness (QED) is 0.401. The Kier molecular flexibility index (Phi) is 6.26. The Bertz CT molecular complexity index is 1130. The molecule has 0 bridgehead atoms. The second kappa shape index (κ2) is 9.42. The van der Waals surface area contributed by atoms with Crippen LogP contribution in [-0.4, -0.2) is 7.11 Å². The summed E-state index contributed by atoms with van der Waals surface area (Å²) in [6.07, 6.45) is 0. The van der Waals surface area contributed by atoms with Gasteiger partial charge in [0.05, 0.1) is 7.11 Å². The first-order chi connectivity index (χ1) is 14.7. The molecule has 3 nitrogen and oxygen atoms in total. The Labute approximate surface area is 176 Å². The minimum Gasteiger partial charge on any atom is -0.497 e. The summed E-state index contributed by atoms with van der Waals surface area (Å²) in [6, 6.07) is 26.9. The molecule has 1 N–H and O–H groups in total. The van der Waals surface area contributed by atoms with Crippen LogP contribution >= 0.6 is 0 Å². The Morgan fingerprint density at radius 2 is 1.57 bits per heavy atom. The molecule has 4 aromatic carbocycles. The normalized spacial score (nSPS) is 10.9. The smallest absolute Gasteiger partial charge is 0.129 e. The summed E-state index contributed by atoms with van der Waals surface area (Å²) >= 11 is 0. The number of hydrogen-bond donors (Lipinski definition) is 1. The minimum absolute atomic E-state index is 0.191. The van der Waals surface area contributed by atoms with Gasteiger partial charge in [0.2, 0.25) is 0 Å². The molecule has 152 valence electrons. The zero-order chi connectivity index (χ0) is 20.8. The zero-order valence-electron chi connectivity index (χ0n) is 16.9. The highest BCUT2D eigenvalue weighted by molar-refractivity contribution is 5.87. The molecule has 0 amide bonds. The zero-order valence-corrected chi connectivity index (χ0v) is 16.9. The van der Waals surface area contributed by atoms with E-state index in [2.05, 4.69) is 17.4 Å². The molecular weight excluding hydrogens is 377 g/mol. The van der Waals surface area contributed by atoms with Gasteiger partial charge >= 0.3 is 0 Å². The first kappa shape index (κ1) is 19.9. The molecule has 4 rings (SSSR count). The van der Waals surface area contributed by atoms with Crippen LogP contribution in [0.2, 0.25) is 0 Å². The molecule has 0 aliphatic heterocycles. The van der Waals surface area contributed by atoms with E-state index in [-0.39, 0.29) is 12.4 Å². The number of methoxy groups -OCH3 is 1. The Morgan fingerprint density at radius 1 is 0.800 bits per heavy atom. The van der Waals surface area contributed by atoms with E-state index in [0.717, 1.165) is 34.4 Å². The van der Waals surface area contributed by atoms with Crippen LogP contribution in [-0.2, 0) is 19.7 Å². The van der Waals surface area contributed by atoms with Crippen molar-refractivity contribution in [1.82, 2.24) is 5.32 Å². The number of fused-ring (bicyclic) bond motifs is 1. The van der Waals surface area contributed by atoms with Crippen LogP contribution in [0, 0.1) is 5.82 Å². The number of nitrogens with one attached hydrogen (secondary N) is 1. The molecule has 0 fully saturated rings. The topological polar surface area (TPSA) is 30.5 Å². The molecule has 0 saturated heterocycles. The first-order valence-corrected chi connectivity index (χ1v) is 9.95. The van der Waals surface area contributed by atoms with E-state index < -0.39 is 0 Å². The molecule has 0 unspecified atom stereocenters. The van der Waals surface area contributed by atoms with Gasteiger partial charge in [0.1, 0.15) is 23.9 Å². The molecule has 30 heavy (non-hydrogen) atoms. The molecule has 0 spiro atoms. The van der Waals surface area contributed by atoms with Gasteiger partial charge in [-0.3, -0.25) is 0 Å². The highest BCUT2D eigenvalue weighted by atomic mass is 19.1. The summed E-state index contributed by atoms with van der Waals surface area (Å²) in [4.78, 5) is 0. The lowest BCUT2D eigenvalue weighted by molar-refractivity contribution is 0.296. The fourth-order valence-corrected chi connectivity index (χ4v) is 3.48. The van der Waals surface area contributed by atoms with Crippen LogP contribution in [0.1, 0.15) is 16.7 Å². The fourth-order valence-electron chi connectivity index (χ4n) is 3.48. The summed E-state index contributed by atoms with van der Waals surface area (Å²) < 4.78 is 25.3. The van der Waals surface area contributed by atoms with Gasteiger partial charge in [-0.25, -0.2) is 4.39 Å². The van der Waals surface area contributed by atoms with Crippen molar-refractivity contribution in [1.29, 1.82) is 0 Å². The second-order valence-electron chi connectivity index (χ2n) is 7.10. The van der Waals surface area contributed by atoms with E-state index in [1.807, 2.05) is 54.6 Å². The number of benzene rings is 4. The van der Waals surface area contributed by atoms with E-state index in [9.17, 15) is 4.39 Å². The molecule has 0 saturated carbocycles. The van der Waals surface area contributed by atoms with Crippen molar-refractivity contribution in [3.63, 3.8) is 0 Å². The lowest BCUT2D eigenvalue weighted by Crippen LogP contribution is -2.14. The van der Waals surface area contributed by atoms with Crippen molar-refractivity contribution in [3.8, 4) is 11.5 Å². The molecule has 0 radical (unpaired) electrons. The largest absolute Gasteiger partial charge is 0.497 e. The van der Waals surface area contributed by atoms with Crippen LogP contribution in [0.25, 0.3) is 10.8 Å². The van der Waals surface area contributed by atoms with Crippen molar-refractivity contribution >= 4 is 10.8 Å². The van der Waals surface area contributed by atoms with Crippen molar-refractivity contribution in [2.24, 2.45) is 0 Å². The third kappa shape index (κ3) is 4.61. The van der Waals surface area contributed by atoms with Gasteiger partial charge in [0.15, 0.2) is 0 Å². The maximum Gasteiger partial charge on any atom is 0.129 e. The summed E-state index contributed by atoms with van der Waals surface area (Å²) in [7, 11) is 1.66. The van der Waals surface area contributed by atoms with Gasteiger partial charge in [-0.1, -0.05) is 60.7 Å². The Hall–Kier alpha value is -3.37.